The van der Waals surface area contributed by atoms with E-state index >= 15 is 0 Å². The summed E-state index contributed by atoms with van der Waals surface area (Å²) in [4.78, 5) is 40.0. The molecule has 0 saturated heterocycles. The summed E-state index contributed by atoms with van der Waals surface area (Å²) in [6.45, 7) is 3.87. The van der Waals surface area contributed by atoms with Crippen molar-refractivity contribution in [1.29, 1.82) is 0 Å². The largest absolute Gasteiger partial charge is 0.478 e. The number of aromatic carboxylic acids is 1. The number of benzene rings is 2. The lowest BCUT2D eigenvalue weighted by molar-refractivity contribution is -0.142. The Hall–Kier alpha value is -3.45. The minimum atomic E-state index is -1.14. The van der Waals surface area contributed by atoms with Gasteiger partial charge in [-0.3, -0.25) is 9.59 Å². The van der Waals surface area contributed by atoms with Crippen LogP contribution in [0, 0.1) is 0 Å². The van der Waals surface area contributed by atoms with Gasteiger partial charge < -0.3 is 14.4 Å². The number of imidazole rings is 1. The number of halogens is 1. The summed E-state index contributed by atoms with van der Waals surface area (Å²) >= 11 is 6.55. The van der Waals surface area contributed by atoms with Gasteiger partial charge in [-0.2, -0.15) is 0 Å². The van der Waals surface area contributed by atoms with Crippen LogP contribution in [0.4, 0.5) is 0 Å². The molecule has 0 radical (unpaired) electrons. The van der Waals surface area contributed by atoms with Gasteiger partial charge >= 0.3 is 11.9 Å². The molecule has 8 heteroatoms. The molecule has 0 aliphatic rings. The fourth-order valence-electron chi connectivity index (χ4n) is 3.45. The van der Waals surface area contributed by atoms with Crippen molar-refractivity contribution < 1.29 is 24.2 Å². The molecule has 0 amide bonds. The van der Waals surface area contributed by atoms with E-state index in [9.17, 15) is 19.5 Å². The van der Waals surface area contributed by atoms with Gasteiger partial charge in [0.2, 0.25) is 0 Å². The molecule has 0 aliphatic carbocycles. The molecule has 1 heterocycles. The summed E-state index contributed by atoms with van der Waals surface area (Å²) in [7, 11) is 0. The normalized spacial score (nSPS) is 10.8. The summed E-state index contributed by atoms with van der Waals surface area (Å²) in [5.74, 6) is -1.10. The SMILES string of the molecule is CCCCc1nc(COC(C)=O)c(Cl)n1Cc1ccc(C(=O)c2ccccc2C(=O)O)cc1. The minimum Gasteiger partial charge on any atom is -0.478 e. The van der Waals surface area contributed by atoms with Crippen LogP contribution in [0.1, 0.15) is 70.1 Å². The van der Waals surface area contributed by atoms with Crippen LogP contribution in [-0.4, -0.2) is 32.4 Å². The third-order valence-electron chi connectivity index (χ3n) is 5.18. The Bertz CT molecular complexity index is 1170. The smallest absolute Gasteiger partial charge is 0.336 e. The molecule has 0 fully saturated rings. The third kappa shape index (κ3) is 5.87. The molecule has 33 heavy (non-hydrogen) atoms. The second-order valence-corrected chi connectivity index (χ2v) is 7.97. The number of carbonyl (C=O) groups is 3. The number of ketones is 1. The van der Waals surface area contributed by atoms with E-state index in [1.807, 2.05) is 16.7 Å². The van der Waals surface area contributed by atoms with Crippen molar-refractivity contribution in [2.75, 3.05) is 0 Å². The van der Waals surface area contributed by atoms with Gasteiger partial charge in [-0.05, 0) is 18.1 Å². The maximum absolute atomic E-state index is 12.9. The van der Waals surface area contributed by atoms with Crippen molar-refractivity contribution in [3.8, 4) is 0 Å². The predicted octanol–water partition coefficient (Wildman–Crippen LogP) is 4.92. The van der Waals surface area contributed by atoms with Crippen LogP contribution < -0.4 is 0 Å². The molecule has 1 N–H and O–H groups in total. The number of rotatable bonds is 10. The molecule has 1 aromatic heterocycles. The summed E-state index contributed by atoms with van der Waals surface area (Å²) in [6.07, 6.45) is 2.67. The van der Waals surface area contributed by atoms with Crippen molar-refractivity contribution in [2.45, 2.75) is 46.3 Å². The van der Waals surface area contributed by atoms with E-state index in [1.165, 1.54) is 19.1 Å². The number of unbranched alkanes of at least 4 members (excludes halogenated alkanes) is 1. The molecule has 7 nitrogen and oxygen atoms in total. The molecule has 172 valence electrons. The second kappa shape index (κ2) is 10.9. The molecular weight excluding hydrogens is 444 g/mol. The molecule has 3 aromatic rings. The highest BCUT2D eigenvalue weighted by molar-refractivity contribution is 6.30. The van der Waals surface area contributed by atoms with Gasteiger partial charge in [0.1, 0.15) is 23.3 Å². The number of carbonyl (C=O) groups excluding carboxylic acids is 2. The van der Waals surface area contributed by atoms with Crippen molar-refractivity contribution in [3.63, 3.8) is 0 Å². The number of aromatic nitrogens is 2. The van der Waals surface area contributed by atoms with Crippen molar-refractivity contribution >= 4 is 29.3 Å². The number of nitrogens with zero attached hydrogens (tertiary/aromatic N) is 2. The second-order valence-electron chi connectivity index (χ2n) is 7.61. The maximum Gasteiger partial charge on any atom is 0.336 e. The molecule has 0 atom stereocenters. The first-order chi connectivity index (χ1) is 15.8. The molecule has 3 rings (SSSR count). The van der Waals surface area contributed by atoms with Gasteiger partial charge in [-0.1, -0.05) is 67.4 Å². The van der Waals surface area contributed by atoms with Gasteiger partial charge in [-0.15, -0.1) is 0 Å². The van der Waals surface area contributed by atoms with Crippen LogP contribution in [0.5, 0.6) is 0 Å². The van der Waals surface area contributed by atoms with E-state index < -0.39 is 11.9 Å². The topological polar surface area (TPSA) is 98.5 Å². The molecule has 0 aliphatic heterocycles. The average molecular weight is 469 g/mol. The van der Waals surface area contributed by atoms with E-state index in [2.05, 4.69) is 11.9 Å². The first-order valence-corrected chi connectivity index (χ1v) is 11.0. The van der Waals surface area contributed by atoms with E-state index in [-0.39, 0.29) is 23.5 Å². The fourth-order valence-corrected chi connectivity index (χ4v) is 3.70. The van der Waals surface area contributed by atoms with Crippen molar-refractivity contribution in [3.05, 3.63) is 87.5 Å². The van der Waals surface area contributed by atoms with E-state index in [1.54, 1.807) is 24.3 Å². The van der Waals surface area contributed by atoms with Crippen LogP contribution in [0.3, 0.4) is 0 Å². The minimum absolute atomic E-state index is 0.0106. The Morgan fingerprint density at radius 2 is 1.73 bits per heavy atom. The number of aryl methyl sites for hydroxylation is 1. The molecule has 2 aromatic carbocycles. The number of esters is 1. The summed E-state index contributed by atoms with van der Waals surface area (Å²) in [6, 6.07) is 13.1. The predicted molar refractivity (Wildman–Crippen MR) is 124 cm³/mol. The maximum atomic E-state index is 12.9. The highest BCUT2D eigenvalue weighted by Crippen LogP contribution is 2.23. The van der Waals surface area contributed by atoms with Gasteiger partial charge in [0.25, 0.3) is 0 Å². The van der Waals surface area contributed by atoms with Crippen LogP contribution in [0.15, 0.2) is 48.5 Å². The molecule has 0 bridgehead atoms. The number of hydrogen-bond acceptors (Lipinski definition) is 5. The Labute approximate surface area is 197 Å². The highest BCUT2D eigenvalue weighted by atomic mass is 35.5. The van der Waals surface area contributed by atoms with E-state index in [4.69, 9.17) is 16.3 Å². The van der Waals surface area contributed by atoms with Crippen LogP contribution in [0.2, 0.25) is 5.15 Å². The highest BCUT2D eigenvalue weighted by Gasteiger charge is 2.19. The standard InChI is InChI=1S/C25H25ClN2O5/c1-3-4-9-22-27-21(15-33-16(2)29)24(26)28(22)14-17-10-12-18(13-11-17)23(30)19-7-5-6-8-20(19)25(31)32/h5-8,10-13H,3-4,9,14-15H2,1-2H3,(H,31,32). The van der Waals surface area contributed by atoms with Gasteiger partial charge in [0, 0.05) is 24.5 Å². The van der Waals surface area contributed by atoms with Crippen LogP contribution in [0.25, 0.3) is 0 Å². The van der Waals surface area contributed by atoms with Gasteiger partial charge in [0.05, 0.1) is 12.1 Å². The molecular formula is C25H25ClN2O5. The van der Waals surface area contributed by atoms with Gasteiger partial charge in [-0.25, -0.2) is 9.78 Å². The summed E-state index contributed by atoms with van der Waals surface area (Å²) < 4.78 is 6.95. The third-order valence-corrected chi connectivity index (χ3v) is 5.60. The lowest BCUT2D eigenvalue weighted by Crippen LogP contribution is -2.10. The molecule has 0 saturated carbocycles. The Morgan fingerprint density at radius 1 is 1.06 bits per heavy atom. The zero-order valence-corrected chi connectivity index (χ0v) is 19.3. The van der Waals surface area contributed by atoms with Crippen molar-refractivity contribution in [1.82, 2.24) is 9.55 Å². The quantitative estimate of drug-likeness (QED) is 0.335. The Balaban J connectivity index is 1.84. The fraction of sp³-hybridized carbons (Fsp3) is 0.280. The van der Waals surface area contributed by atoms with Crippen LogP contribution >= 0.6 is 11.6 Å². The van der Waals surface area contributed by atoms with Crippen molar-refractivity contribution in [2.24, 2.45) is 0 Å². The molecule has 0 unspecified atom stereocenters. The zero-order chi connectivity index (χ0) is 24.0. The summed E-state index contributed by atoms with van der Waals surface area (Å²) in [5, 5.41) is 9.77. The monoisotopic (exact) mass is 468 g/mol. The number of ether oxygens (including phenoxy) is 1. The molecule has 0 spiro atoms. The lowest BCUT2D eigenvalue weighted by atomic mass is 9.97. The van der Waals surface area contributed by atoms with E-state index in [0.29, 0.717) is 23.0 Å². The summed E-state index contributed by atoms with van der Waals surface area (Å²) in [5.41, 5.74) is 1.92. The Morgan fingerprint density at radius 3 is 2.33 bits per heavy atom. The first-order valence-electron chi connectivity index (χ1n) is 10.6. The average Bonchev–Trinajstić information content (AvgIpc) is 3.10. The van der Waals surface area contributed by atoms with Gasteiger partial charge in [0.15, 0.2) is 5.78 Å². The number of carboxylic acid groups (broad SMARTS) is 1. The lowest BCUT2D eigenvalue weighted by Gasteiger charge is -2.10. The first kappa shape index (κ1) is 24.2. The van der Waals surface area contributed by atoms with E-state index in [0.717, 1.165) is 30.7 Å². The zero-order valence-electron chi connectivity index (χ0n) is 18.5. The number of hydrogen-bond donors (Lipinski definition) is 1. The number of carboxylic acids is 1. The Kier molecular flexibility index (Phi) is 8.01. The van der Waals surface area contributed by atoms with Crippen LogP contribution in [-0.2, 0) is 29.1 Å².